The molecule has 4 rings (SSSR count). The van der Waals surface area contributed by atoms with E-state index in [0.717, 1.165) is 42.0 Å². The van der Waals surface area contributed by atoms with Gasteiger partial charge in [-0.25, -0.2) is 0 Å². The minimum atomic E-state index is -4.52. The van der Waals surface area contributed by atoms with E-state index in [1.807, 2.05) is 30.3 Å². The molecule has 0 bridgehead atoms. The van der Waals surface area contributed by atoms with E-state index in [1.165, 1.54) is 17.0 Å². The second-order valence-electron chi connectivity index (χ2n) is 8.44. The molecule has 0 fully saturated rings. The smallest absolute Gasteiger partial charge is 0.339 e. The van der Waals surface area contributed by atoms with Crippen LogP contribution in [0, 0.1) is 0 Å². The van der Waals surface area contributed by atoms with Crippen LogP contribution in [-0.2, 0) is 25.2 Å². The van der Waals surface area contributed by atoms with Gasteiger partial charge in [-0.1, -0.05) is 47.6 Å². The first-order valence-electron chi connectivity index (χ1n) is 11.5. The number of carbonyl (C=O) groups excluding carboxylic acids is 1. The number of alkyl halides is 6. The Morgan fingerprint density at radius 2 is 1.29 bits per heavy atom. The molecule has 0 saturated carbocycles. The van der Waals surface area contributed by atoms with Crippen LogP contribution < -0.4 is 0 Å². The third kappa shape index (κ3) is 6.78. The van der Waals surface area contributed by atoms with Crippen molar-refractivity contribution in [2.75, 3.05) is 13.1 Å². The van der Waals surface area contributed by atoms with Gasteiger partial charge >= 0.3 is 12.4 Å². The Balaban J connectivity index is 1.47. The van der Waals surface area contributed by atoms with E-state index in [1.54, 1.807) is 0 Å². The summed E-state index contributed by atoms with van der Waals surface area (Å²) >= 11 is 0. The van der Waals surface area contributed by atoms with Crippen LogP contribution >= 0.6 is 0 Å². The Morgan fingerprint density at radius 1 is 0.737 bits per heavy atom. The van der Waals surface area contributed by atoms with Gasteiger partial charge in [-0.2, -0.15) is 31.3 Å². The number of aromatic nitrogens is 2. The summed E-state index contributed by atoms with van der Waals surface area (Å²) in [5, 5.41) is 3.81. The van der Waals surface area contributed by atoms with Crippen LogP contribution in [-0.4, -0.2) is 34.0 Å². The Labute approximate surface area is 213 Å². The molecule has 38 heavy (non-hydrogen) atoms. The average Bonchev–Trinajstić information content (AvgIpc) is 3.37. The largest absolute Gasteiger partial charge is 0.416 e. The first kappa shape index (κ1) is 26.9. The molecule has 0 N–H and O–H groups in total. The number of benzene rings is 3. The maximum absolute atomic E-state index is 13.2. The van der Waals surface area contributed by atoms with Crippen molar-refractivity contribution in [3.05, 3.63) is 107 Å². The van der Waals surface area contributed by atoms with E-state index in [2.05, 4.69) is 10.1 Å². The zero-order valence-electron chi connectivity index (χ0n) is 19.8. The Hall–Kier alpha value is -4.15. The number of nitrogens with zero attached hydrogens (tertiary/aromatic N) is 3. The van der Waals surface area contributed by atoms with Crippen molar-refractivity contribution >= 4 is 5.91 Å². The minimum absolute atomic E-state index is 0.0960. The van der Waals surface area contributed by atoms with Gasteiger partial charge in [0.15, 0.2) is 0 Å². The Morgan fingerprint density at radius 3 is 1.87 bits per heavy atom. The molecule has 0 atom stereocenters. The summed E-state index contributed by atoms with van der Waals surface area (Å²) in [6.45, 7) is 0.408. The van der Waals surface area contributed by atoms with Gasteiger partial charge in [-0.3, -0.25) is 4.79 Å². The third-order valence-corrected chi connectivity index (χ3v) is 5.79. The van der Waals surface area contributed by atoms with Gasteiger partial charge in [0.1, 0.15) is 0 Å². The lowest BCUT2D eigenvalue weighted by Crippen LogP contribution is -2.35. The second-order valence-corrected chi connectivity index (χ2v) is 8.44. The van der Waals surface area contributed by atoms with E-state index >= 15 is 0 Å². The number of halogens is 6. The summed E-state index contributed by atoms with van der Waals surface area (Å²) < 4.78 is 82.4. The van der Waals surface area contributed by atoms with Crippen molar-refractivity contribution < 1.29 is 35.7 Å². The number of amides is 1. The highest BCUT2D eigenvalue weighted by Crippen LogP contribution is 2.31. The quantitative estimate of drug-likeness (QED) is 0.237. The molecule has 0 aliphatic rings. The molecule has 0 aliphatic carbocycles. The second kappa shape index (κ2) is 11.1. The summed E-state index contributed by atoms with van der Waals surface area (Å²) in [5.74, 6) is -0.208. The van der Waals surface area contributed by atoms with Crippen molar-refractivity contribution in [2.45, 2.75) is 25.2 Å². The van der Waals surface area contributed by atoms with E-state index in [9.17, 15) is 31.1 Å². The molecule has 3 aromatic carbocycles. The van der Waals surface area contributed by atoms with Crippen LogP contribution in [0.2, 0.25) is 0 Å². The predicted octanol–water partition coefficient (Wildman–Crippen LogP) is 6.70. The van der Waals surface area contributed by atoms with Gasteiger partial charge in [0.25, 0.3) is 5.91 Å². The molecule has 0 aliphatic heterocycles. The predicted molar refractivity (Wildman–Crippen MR) is 126 cm³/mol. The highest BCUT2D eigenvalue weighted by Gasteiger charge is 2.31. The van der Waals surface area contributed by atoms with E-state index in [0.29, 0.717) is 12.0 Å². The number of rotatable bonds is 8. The number of carbonyl (C=O) groups is 1. The molecule has 5 nitrogen and oxygen atoms in total. The zero-order valence-corrected chi connectivity index (χ0v) is 19.8. The Kier molecular flexibility index (Phi) is 7.84. The van der Waals surface area contributed by atoms with Crippen LogP contribution in [0.4, 0.5) is 26.3 Å². The van der Waals surface area contributed by atoms with Crippen molar-refractivity contribution in [3.8, 4) is 11.4 Å². The molecule has 1 heterocycles. The molecule has 0 radical (unpaired) electrons. The maximum Gasteiger partial charge on any atom is 0.416 e. The van der Waals surface area contributed by atoms with Gasteiger partial charge in [0.05, 0.1) is 11.1 Å². The van der Waals surface area contributed by atoms with E-state index < -0.39 is 29.4 Å². The normalized spacial score (nSPS) is 11.9. The molecular formula is C27H21F6N3O2. The van der Waals surface area contributed by atoms with Gasteiger partial charge in [0.2, 0.25) is 11.7 Å². The highest BCUT2D eigenvalue weighted by molar-refractivity contribution is 5.94. The average molecular weight is 533 g/mol. The van der Waals surface area contributed by atoms with Gasteiger partial charge in [-0.05, 0) is 48.4 Å². The fourth-order valence-corrected chi connectivity index (χ4v) is 3.72. The van der Waals surface area contributed by atoms with Crippen LogP contribution in [0.5, 0.6) is 0 Å². The van der Waals surface area contributed by atoms with Crippen molar-refractivity contribution in [3.63, 3.8) is 0 Å². The SMILES string of the molecule is O=C(c1ccc(C(F)(F)F)cc1)N(CCc1ccccc1)CCc1nc(-c2ccc(C(F)(F)F)cc2)no1. The lowest BCUT2D eigenvalue weighted by Gasteiger charge is -2.22. The molecule has 0 spiro atoms. The van der Waals surface area contributed by atoms with Crippen LogP contribution in [0.15, 0.2) is 83.4 Å². The minimum Gasteiger partial charge on any atom is -0.339 e. The van der Waals surface area contributed by atoms with Gasteiger partial charge in [0, 0.05) is 30.6 Å². The molecule has 1 aromatic heterocycles. The Bertz CT molecular complexity index is 1350. The molecule has 11 heteroatoms. The molecule has 1 amide bonds. The fourth-order valence-electron chi connectivity index (χ4n) is 3.72. The number of hydrogen-bond acceptors (Lipinski definition) is 4. The number of hydrogen-bond donors (Lipinski definition) is 0. The topological polar surface area (TPSA) is 59.2 Å². The molecule has 0 unspecified atom stereocenters. The fraction of sp³-hybridized carbons (Fsp3) is 0.222. The van der Waals surface area contributed by atoms with E-state index in [4.69, 9.17) is 4.52 Å². The summed E-state index contributed by atoms with van der Waals surface area (Å²) in [5.41, 5.74) is -0.260. The summed E-state index contributed by atoms with van der Waals surface area (Å²) in [7, 11) is 0. The van der Waals surface area contributed by atoms with Gasteiger partial charge < -0.3 is 9.42 Å². The third-order valence-electron chi connectivity index (χ3n) is 5.79. The van der Waals surface area contributed by atoms with Crippen LogP contribution in [0.3, 0.4) is 0 Å². The first-order chi connectivity index (χ1) is 18.0. The molecule has 4 aromatic rings. The highest BCUT2D eigenvalue weighted by atomic mass is 19.4. The standard InChI is InChI=1S/C27H21F6N3O2/c28-26(29,30)21-10-6-19(7-11-21)24-34-23(38-35-24)15-17-36(16-14-18-4-2-1-3-5-18)25(37)20-8-12-22(13-9-20)27(31,32)33/h1-13H,14-17H2. The first-order valence-corrected chi connectivity index (χ1v) is 11.5. The summed E-state index contributed by atoms with van der Waals surface area (Å²) in [6.07, 6.45) is -8.34. The van der Waals surface area contributed by atoms with Crippen LogP contribution in [0.25, 0.3) is 11.4 Å². The zero-order chi connectivity index (χ0) is 27.3. The monoisotopic (exact) mass is 533 g/mol. The van der Waals surface area contributed by atoms with E-state index in [-0.39, 0.29) is 36.8 Å². The van der Waals surface area contributed by atoms with Crippen molar-refractivity contribution in [1.82, 2.24) is 15.0 Å². The van der Waals surface area contributed by atoms with Gasteiger partial charge in [-0.15, -0.1) is 0 Å². The van der Waals surface area contributed by atoms with Crippen molar-refractivity contribution in [2.24, 2.45) is 0 Å². The lowest BCUT2D eigenvalue weighted by atomic mass is 10.1. The summed E-state index contributed by atoms with van der Waals surface area (Å²) in [6, 6.07) is 17.7. The maximum atomic E-state index is 13.2. The molecule has 0 saturated heterocycles. The van der Waals surface area contributed by atoms with Crippen molar-refractivity contribution in [1.29, 1.82) is 0 Å². The lowest BCUT2D eigenvalue weighted by molar-refractivity contribution is -0.138. The summed E-state index contributed by atoms with van der Waals surface area (Å²) in [4.78, 5) is 18.9. The molecule has 198 valence electrons. The molecular weight excluding hydrogens is 512 g/mol. The van der Waals surface area contributed by atoms with Crippen LogP contribution in [0.1, 0.15) is 32.9 Å².